The fourth-order valence-corrected chi connectivity index (χ4v) is 2.23. The number of nitrogens with one attached hydrogen (secondary N) is 1. The quantitative estimate of drug-likeness (QED) is 0.784. The summed E-state index contributed by atoms with van der Waals surface area (Å²) in [5.41, 5.74) is 1.70. The molecule has 2 N–H and O–H groups in total. The average molecular weight is 323 g/mol. The van der Waals surface area contributed by atoms with E-state index in [-0.39, 0.29) is 24.1 Å². The van der Waals surface area contributed by atoms with Gasteiger partial charge in [-0.3, -0.25) is 0 Å². The minimum absolute atomic E-state index is 0.0120. The third-order valence-electron chi connectivity index (χ3n) is 3.38. The van der Waals surface area contributed by atoms with Gasteiger partial charge in [-0.15, -0.1) is 0 Å². The van der Waals surface area contributed by atoms with Crippen molar-refractivity contribution in [3.8, 4) is 11.5 Å². The van der Waals surface area contributed by atoms with Gasteiger partial charge in [0.15, 0.2) is 11.5 Å². The Kier molecular flexibility index (Phi) is 6.31. The molecule has 23 heavy (non-hydrogen) atoms. The van der Waals surface area contributed by atoms with E-state index in [0.717, 1.165) is 11.1 Å². The minimum atomic E-state index is -2.92. The van der Waals surface area contributed by atoms with E-state index in [2.05, 4.69) is 10.1 Å². The van der Waals surface area contributed by atoms with Gasteiger partial charge in [-0.2, -0.15) is 8.78 Å². The molecule has 0 aliphatic rings. The summed E-state index contributed by atoms with van der Waals surface area (Å²) in [6.45, 7) is -2.59. The lowest BCUT2D eigenvalue weighted by molar-refractivity contribution is -0.0512. The molecule has 0 saturated carbocycles. The summed E-state index contributed by atoms with van der Waals surface area (Å²) in [7, 11) is 1.39. The van der Waals surface area contributed by atoms with Crippen molar-refractivity contribution in [3.05, 3.63) is 59.7 Å². The third kappa shape index (κ3) is 4.91. The lowest BCUT2D eigenvalue weighted by Gasteiger charge is -2.17. The molecule has 0 saturated heterocycles. The molecule has 6 heteroatoms. The smallest absolute Gasteiger partial charge is 0.387 e. The van der Waals surface area contributed by atoms with Crippen LogP contribution in [0.25, 0.3) is 0 Å². The van der Waals surface area contributed by atoms with Crippen molar-refractivity contribution < 1.29 is 23.4 Å². The Morgan fingerprint density at radius 3 is 2.43 bits per heavy atom. The Morgan fingerprint density at radius 1 is 1.09 bits per heavy atom. The molecule has 0 spiro atoms. The molecule has 0 radical (unpaired) electrons. The second-order valence-electron chi connectivity index (χ2n) is 4.89. The number of alkyl halides is 2. The Hall–Kier alpha value is -2.18. The fraction of sp³-hybridized carbons (Fsp3) is 0.294. The molecule has 0 aliphatic carbocycles. The predicted octanol–water partition coefficient (Wildman–Crippen LogP) is 3.12. The normalized spacial score (nSPS) is 12.2. The van der Waals surface area contributed by atoms with Gasteiger partial charge in [0.2, 0.25) is 0 Å². The number of aliphatic hydroxyl groups excluding tert-OH is 1. The number of aliphatic hydroxyl groups is 1. The van der Waals surface area contributed by atoms with E-state index in [9.17, 15) is 13.9 Å². The zero-order valence-corrected chi connectivity index (χ0v) is 12.7. The van der Waals surface area contributed by atoms with Crippen molar-refractivity contribution in [3.63, 3.8) is 0 Å². The Morgan fingerprint density at radius 2 is 1.83 bits per heavy atom. The second kappa shape index (κ2) is 8.45. The third-order valence-corrected chi connectivity index (χ3v) is 3.38. The van der Waals surface area contributed by atoms with Crippen LogP contribution in [0.5, 0.6) is 11.5 Å². The Balaban J connectivity index is 2.07. The summed E-state index contributed by atoms with van der Waals surface area (Å²) in [6, 6.07) is 14.1. The monoisotopic (exact) mass is 323 g/mol. The summed E-state index contributed by atoms with van der Waals surface area (Å²) >= 11 is 0. The van der Waals surface area contributed by atoms with E-state index in [4.69, 9.17) is 4.74 Å². The van der Waals surface area contributed by atoms with Crippen LogP contribution < -0.4 is 14.8 Å². The van der Waals surface area contributed by atoms with Crippen LogP contribution in [0.1, 0.15) is 17.2 Å². The van der Waals surface area contributed by atoms with Gasteiger partial charge in [0.05, 0.1) is 19.8 Å². The van der Waals surface area contributed by atoms with Gasteiger partial charge in [0, 0.05) is 6.54 Å². The molecule has 0 bridgehead atoms. The van der Waals surface area contributed by atoms with Crippen LogP contribution in [0, 0.1) is 0 Å². The second-order valence-corrected chi connectivity index (χ2v) is 4.89. The van der Waals surface area contributed by atoms with Gasteiger partial charge in [-0.05, 0) is 23.3 Å². The zero-order valence-electron chi connectivity index (χ0n) is 12.7. The molecule has 2 aromatic rings. The first-order valence-corrected chi connectivity index (χ1v) is 7.15. The van der Waals surface area contributed by atoms with Crippen molar-refractivity contribution in [1.82, 2.24) is 5.32 Å². The molecule has 0 aliphatic heterocycles. The first-order valence-electron chi connectivity index (χ1n) is 7.15. The first kappa shape index (κ1) is 17.2. The van der Waals surface area contributed by atoms with Crippen molar-refractivity contribution in [2.24, 2.45) is 0 Å². The minimum Gasteiger partial charge on any atom is -0.493 e. The molecule has 0 amide bonds. The summed E-state index contributed by atoms with van der Waals surface area (Å²) in [5, 5.41) is 12.7. The molecular formula is C17H19F2NO3. The fourth-order valence-electron chi connectivity index (χ4n) is 2.23. The van der Waals surface area contributed by atoms with Crippen molar-refractivity contribution in [1.29, 1.82) is 0 Å². The molecular weight excluding hydrogens is 304 g/mol. The standard InChI is InChI=1S/C17H19F2NO3/c1-22-15-8-7-12(9-16(15)23-17(18)19)10-20-14(11-21)13-5-3-2-4-6-13/h2-9,14,17,20-21H,10-11H2,1H3. The van der Waals surface area contributed by atoms with Gasteiger partial charge in [-0.1, -0.05) is 36.4 Å². The molecule has 1 unspecified atom stereocenters. The largest absolute Gasteiger partial charge is 0.493 e. The van der Waals surface area contributed by atoms with E-state index in [1.807, 2.05) is 30.3 Å². The van der Waals surface area contributed by atoms with E-state index < -0.39 is 6.61 Å². The highest BCUT2D eigenvalue weighted by molar-refractivity contribution is 5.43. The molecule has 4 nitrogen and oxygen atoms in total. The van der Waals surface area contributed by atoms with Gasteiger partial charge >= 0.3 is 6.61 Å². The summed E-state index contributed by atoms with van der Waals surface area (Å²) in [5.74, 6) is 0.234. The van der Waals surface area contributed by atoms with Crippen molar-refractivity contribution in [2.75, 3.05) is 13.7 Å². The van der Waals surface area contributed by atoms with Crippen LogP contribution in [0.15, 0.2) is 48.5 Å². The highest BCUT2D eigenvalue weighted by atomic mass is 19.3. The Labute approximate surface area is 133 Å². The highest BCUT2D eigenvalue weighted by Crippen LogP contribution is 2.29. The number of methoxy groups -OCH3 is 1. The molecule has 0 fully saturated rings. The first-order chi connectivity index (χ1) is 11.1. The number of hydrogen-bond donors (Lipinski definition) is 2. The molecule has 1 atom stereocenters. The summed E-state index contributed by atoms with van der Waals surface area (Å²) < 4.78 is 34.3. The maximum Gasteiger partial charge on any atom is 0.387 e. The van der Waals surface area contributed by atoms with Gasteiger partial charge in [-0.25, -0.2) is 0 Å². The summed E-state index contributed by atoms with van der Waals surface area (Å²) in [4.78, 5) is 0. The number of benzene rings is 2. The SMILES string of the molecule is COc1ccc(CNC(CO)c2ccccc2)cc1OC(F)F. The van der Waals surface area contributed by atoms with Crippen molar-refractivity contribution >= 4 is 0 Å². The van der Waals surface area contributed by atoms with E-state index in [0.29, 0.717) is 6.54 Å². The highest BCUT2D eigenvalue weighted by Gasteiger charge is 2.13. The van der Waals surface area contributed by atoms with Gasteiger partial charge in [0.1, 0.15) is 0 Å². The summed E-state index contributed by atoms with van der Waals surface area (Å²) in [6.07, 6.45) is 0. The van der Waals surface area contributed by atoms with Gasteiger partial charge in [0.25, 0.3) is 0 Å². The average Bonchev–Trinajstić information content (AvgIpc) is 2.56. The topological polar surface area (TPSA) is 50.7 Å². The molecule has 2 rings (SSSR count). The van der Waals surface area contributed by atoms with E-state index in [1.54, 1.807) is 12.1 Å². The van der Waals surface area contributed by atoms with Crippen LogP contribution >= 0.6 is 0 Å². The van der Waals surface area contributed by atoms with Crippen LogP contribution in [0.3, 0.4) is 0 Å². The lowest BCUT2D eigenvalue weighted by Crippen LogP contribution is -2.24. The van der Waals surface area contributed by atoms with Crippen LogP contribution in [0.4, 0.5) is 8.78 Å². The molecule has 0 heterocycles. The number of halogens is 2. The zero-order chi connectivity index (χ0) is 16.7. The number of hydrogen-bond acceptors (Lipinski definition) is 4. The molecule has 124 valence electrons. The molecule has 0 aromatic heterocycles. The number of ether oxygens (including phenoxy) is 2. The maximum atomic E-state index is 12.4. The van der Waals surface area contributed by atoms with Gasteiger partial charge < -0.3 is 19.9 Å². The molecule has 2 aromatic carbocycles. The maximum absolute atomic E-state index is 12.4. The predicted molar refractivity (Wildman–Crippen MR) is 82.7 cm³/mol. The van der Waals surface area contributed by atoms with E-state index in [1.165, 1.54) is 13.2 Å². The van der Waals surface area contributed by atoms with Crippen LogP contribution in [-0.2, 0) is 6.54 Å². The van der Waals surface area contributed by atoms with Crippen LogP contribution in [0.2, 0.25) is 0 Å². The van der Waals surface area contributed by atoms with Crippen LogP contribution in [-0.4, -0.2) is 25.4 Å². The number of rotatable bonds is 8. The Bertz CT molecular complexity index is 608. The van der Waals surface area contributed by atoms with E-state index >= 15 is 0 Å². The lowest BCUT2D eigenvalue weighted by atomic mass is 10.1. The van der Waals surface area contributed by atoms with Crippen molar-refractivity contribution in [2.45, 2.75) is 19.2 Å².